The van der Waals surface area contributed by atoms with Gasteiger partial charge in [0.25, 0.3) is 0 Å². The van der Waals surface area contributed by atoms with Gasteiger partial charge >= 0.3 is 5.97 Å². The number of carbonyl (C=O) groups is 1. The molecule has 0 saturated heterocycles. The molecule has 0 aromatic heterocycles. The second-order valence-electron chi connectivity index (χ2n) is 5.90. The molecule has 0 spiro atoms. The number of carboxylic acids is 1. The molecule has 19 heavy (non-hydrogen) atoms. The Morgan fingerprint density at radius 1 is 1.21 bits per heavy atom. The van der Waals surface area contributed by atoms with E-state index in [-0.39, 0.29) is 17.8 Å². The molecule has 3 heteroatoms. The number of carboxylic acid groups (broad SMARTS) is 1. The minimum absolute atomic E-state index is 0.135. The molecular weight excluding hydrogens is 243 g/mol. The first-order valence-electron chi connectivity index (χ1n) is 7.13. The number of benzene rings is 1. The van der Waals surface area contributed by atoms with E-state index in [1.54, 1.807) is 0 Å². The minimum atomic E-state index is -0.856. The Kier molecular flexibility index (Phi) is 3.29. The van der Waals surface area contributed by atoms with E-state index in [2.05, 4.69) is 0 Å². The van der Waals surface area contributed by atoms with Gasteiger partial charge in [0.2, 0.25) is 0 Å². The van der Waals surface area contributed by atoms with Crippen molar-refractivity contribution in [1.29, 1.82) is 0 Å². The summed E-state index contributed by atoms with van der Waals surface area (Å²) >= 11 is 0. The van der Waals surface area contributed by atoms with Gasteiger partial charge < -0.3 is 5.11 Å². The number of alkyl halides is 1. The van der Waals surface area contributed by atoms with E-state index >= 15 is 0 Å². The van der Waals surface area contributed by atoms with Crippen LogP contribution >= 0.6 is 0 Å². The molecule has 102 valence electrons. The van der Waals surface area contributed by atoms with Gasteiger partial charge in [0, 0.05) is 0 Å². The lowest BCUT2D eigenvalue weighted by atomic mass is 9.94. The van der Waals surface area contributed by atoms with Crippen molar-refractivity contribution >= 4 is 5.97 Å². The van der Waals surface area contributed by atoms with Crippen LogP contribution in [0.15, 0.2) is 24.3 Å². The van der Waals surface area contributed by atoms with Gasteiger partial charge in [-0.2, -0.15) is 0 Å². The van der Waals surface area contributed by atoms with E-state index < -0.39 is 12.1 Å². The Bertz CT molecular complexity index is 462. The van der Waals surface area contributed by atoms with Crippen LogP contribution in [0.4, 0.5) is 4.39 Å². The largest absolute Gasteiger partial charge is 0.481 e. The van der Waals surface area contributed by atoms with Crippen LogP contribution in [0, 0.1) is 11.8 Å². The zero-order chi connectivity index (χ0) is 13.4. The normalized spacial score (nSPS) is 28.3. The average molecular weight is 262 g/mol. The first-order chi connectivity index (χ1) is 9.16. The highest BCUT2D eigenvalue weighted by Gasteiger charge is 2.44. The predicted octanol–water partition coefficient (Wildman–Crippen LogP) is 4.08. The molecule has 0 radical (unpaired) electrons. The summed E-state index contributed by atoms with van der Waals surface area (Å²) in [6, 6.07) is 7.50. The van der Waals surface area contributed by atoms with Crippen molar-refractivity contribution in [3.63, 3.8) is 0 Å². The summed E-state index contributed by atoms with van der Waals surface area (Å²) in [5.74, 6) is -0.639. The molecule has 2 nitrogen and oxygen atoms in total. The topological polar surface area (TPSA) is 37.3 Å². The maximum atomic E-state index is 14.3. The molecule has 0 bridgehead atoms. The zero-order valence-electron chi connectivity index (χ0n) is 10.9. The van der Waals surface area contributed by atoms with Crippen molar-refractivity contribution in [2.24, 2.45) is 11.8 Å². The predicted molar refractivity (Wildman–Crippen MR) is 70.7 cm³/mol. The first kappa shape index (κ1) is 12.6. The van der Waals surface area contributed by atoms with Gasteiger partial charge in [0.05, 0.1) is 5.92 Å². The number of rotatable bonds is 4. The Morgan fingerprint density at radius 3 is 2.37 bits per heavy atom. The molecule has 0 amide bonds. The van der Waals surface area contributed by atoms with Crippen molar-refractivity contribution < 1.29 is 14.3 Å². The molecule has 0 aliphatic heterocycles. The van der Waals surface area contributed by atoms with Gasteiger partial charge in [0.15, 0.2) is 0 Å². The van der Waals surface area contributed by atoms with Gasteiger partial charge in [-0.3, -0.25) is 4.79 Å². The van der Waals surface area contributed by atoms with Crippen LogP contribution in [0.25, 0.3) is 0 Å². The van der Waals surface area contributed by atoms with Gasteiger partial charge in [-0.25, -0.2) is 4.39 Å². The Balaban J connectivity index is 1.67. The summed E-state index contributed by atoms with van der Waals surface area (Å²) in [5.41, 5.74) is 1.79. The van der Waals surface area contributed by atoms with Crippen molar-refractivity contribution in [3.8, 4) is 0 Å². The van der Waals surface area contributed by atoms with Gasteiger partial charge in [-0.05, 0) is 42.2 Å². The fourth-order valence-corrected chi connectivity index (χ4v) is 3.29. The minimum Gasteiger partial charge on any atom is -0.481 e. The summed E-state index contributed by atoms with van der Waals surface area (Å²) in [4.78, 5) is 10.8. The van der Waals surface area contributed by atoms with E-state index in [0.29, 0.717) is 0 Å². The van der Waals surface area contributed by atoms with Crippen molar-refractivity contribution in [3.05, 3.63) is 35.4 Å². The molecule has 2 aliphatic rings. The molecule has 2 aliphatic carbocycles. The highest BCUT2D eigenvalue weighted by Crippen LogP contribution is 2.48. The smallest absolute Gasteiger partial charge is 0.307 e. The lowest BCUT2D eigenvalue weighted by Crippen LogP contribution is -2.04. The van der Waals surface area contributed by atoms with E-state index in [1.165, 1.54) is 0 Å². The number of aliphatic carboxylic acids is 1. The number of halogens is 1. The summed E-state index contributed by atoms with van der Waals surface area (Å²) in [5, 5.41) is 8.91. The highest BCUT2D eigenvalue weighted by molar-refractivity contribution is 5.75. The Morgan fingerprint density at radius 2 is 1.84 bits per heavy atom. The van der Waals surface area contributed by atoms with Gasteiger partial charge in [-0.1, -0.05) is 37.1 Å². The molecule has 3 atom stereocenters. The first-order valence-corrected chi connectivity index (χ1v) is 7.13. The average Bonchev–Trinajstić information content (AvgIpc) is 3.05. The van der Waals surface area contributed by atoms with E-state index in [9.17, 15) is 9.18 Å². The van der Waals surface area contributed by atoms with E-state index in [4.69, 9.17) is 5.11 Å². The molecular formula is C16H19FO2. The van der Waals surface area contributed by atoms with Crippen molar-refractivity contribution in [2.45, 2.75) is 44.2 Å². The summed E-state index contributed by atoms with van der Waals surface area (Å²) < 4.78 is 14.3. The lowest BCUT2D eigenvalue weighted by molar-refractivity contribution is -0.138. The third-order valence-electron chi connectivity index (χ3n) is 4.60. The van der Waals surface area contributed by atoms with Crippen molar-refractivity contribution in [1.82, 2.24) is 0 Å². The van der Waals surface area contributed by atoms with Crippen LogP contribution in [-0.4, -0.2) is 11.1 Å². The molecule has 2 saturated carbocycles. The number of hydrogen-bond acceptors (Lipinski definition) is 1. The Labute approximate surface area is 112 Å². The lowest BCUT2D eigenvalue weighted by Gasteiger charge is -2.15. The summed E-state index contributed by atoms with van der Waals surface area (Å²) in [6.07, 6.45) is 4.14. The monoisotopic (exact) mass is 262 g/mol. The van der Waals surface area contributed by atoms with Gasteiger partial charge in [-0.15, -0.1) is 0 Å². The van der Waals surface area contributed by atoms with Crippen LogP contribution in [0.1, 0.15) is 55.3 Å². The Hall–Kier alpha value is -1.38. The SMILES string of the molecule is O=C(O)C1CC1c1ccc(C(F)C2CCCC2)cc1. The number of hydrogen-bond donors (Lipinski definition) is 1. The van der Waals surface area contributed by atoms with E-state index in [0.717, 1.165) is 43.2 Å². The van der Waals surface area contributed by atoms with Crippen LogP contribution in [-0.2, 0) is 4.79 Å². The summed E-state index contributed by atoms with van der Waals surface area (Å²) in [7, 11) is 0. The van der Waals surface area contributed by atoms with Crippen LogP contribution in [0.3, 0.4) is 0 Å². The second kappa shape index (κ2) is 4.95. The van der Waals surface area contributed by atoms with Crippen molar-refractivity contribution in [2.75, 3.05) is 0 Å². The van der Waals surface area contributed by atoms with Crippen LogP contribution in [0.2, 0.25) is 0 Å². The second-order valence-corrected chi connectivity index (χ2v) is 5.90. The quantitative estimate of drug-likeness (QED) is 0.887. The van der Waals surface area contributed by atoms with E-state index in [1.807, 2.05) is 24.3 Å². The van der Waals surface area contributed by atoms with Gasteiger partial charge in [0.1, 0.15) is 6.17 Å². The zero-order valence-corrected chi connectivity index (χ0v) is 10.9. The molecule has 0 heterocycles. The molecule has 3 unspecified atom stereocenters. The third-order valence-corrected chi connectivity index (χ3v) is 4.60. The fourth-order valence-electron chi connectivity index (χ4n) is 3.29. The molecule has 1 N–H and O–H groups in total. The van der Waals surface area contributed by atoms with Crippen LogP contribution < -0.4 is 0 Å². The molecule has 3 rings (SSSR count). The maximum absolute atomic E-state index is 14.3. The summed E-state index contributed by atoms with van der Waals surface area (Å²) in [6.45, 7) is 0. The maximum Gasteiger partial charge on any atom is 0.307 e. The molecule has 1 aromatic carbocycles. The standard InChI is InChI=1S/C16H19FO2/c17-15(11-3-1-2-4-11)12-7-5-10(6-8-12)13-9-14(13)16(18)19/h5-8,11,13-15H,1-4,9H2,(H,18,19). The van der Waals surface area contributed by atoms with Crippen LogP contribution in [0.5, 0.6) is 0 Å². The highest BCUT2D eigenvalue weighted by atomic mass is 19.1. The molecule has 2 fully saturated rings. The fraction of sp³-hybridized carbons (Fsp3) is 0.562. The third kappa shape index (κ3) is 2.51. The molecule has 1 aromatic rings.